The summed E-state index contributed by atoms with van der Waals surface area (Å²) < 4.78 is 1.86. The average Bonchev–Trinajstić information content (AvgIpc) is 2.63. The Bertz CT molecular complexity index is 494. The molecule has 0 aliphatic heterocycles. The molecule has 3 nitrogen and oxygen atoms in total. The van der Waals surface area contributed by atoms with Crippen molar-refractivity contribution >= 4 is 23.2 Å². The second-order valence-corrected chi connectivity index (χ2v) is 4.16. The second-order valence-electron chi connectivity index (χ2n) is 3.42. The van der Waals surface area contributed by atoms with Crippen LogP contribution < -0.4 is 0 Å². The summed E-state index contributed by atoms with van der Waals surface area (Å²) >= 11 is 12.1. The Kier molecular flexibility index (Phi) is 3.46. The highest BCUT2D eigenvalue weighted by atomic mass is 35.5. The van der Waals surface area contributed by atoms with Crippen molar-refractivity contribution in [3.63, 3.8) is 0 Å². The Morgan fingerprint density at radius 2 is 1.94 bits per heavy atom. The topological polar surface area (TPSA) is 30.7 Å². The number of benzene rings is 1. The number of aryl methyl sites for hydroxylation is 1. The minimum Gasteiger partial charge on any atom is -0.297 e. The Morgan fingerprint density at radius 1 is 1.19 bits per heavy atom. The molecule has 0 spiro atoms. The Hall–Kier alpha value is -1.06. The summed E-state index contributed by atoms with van der Waals surface area (Å²) in [5, 5.41) is 8.98. The molecule has 0 bridgehead atoms. The first-order valence-electron chi connectivity index (χ1n) is 5.03. The molecule has 84 valence electrons. The summed E-state index contributed by atoms with van der Waals surface area (Å²) in [6.07, 6.45) is 0.796. The molecular formula is C11H11Cl2N3. The van der Waals surface area contributed by atoms with Crippen LogP contribution in [0.3, 0.4) is 0 Å². The summed E-state index contributed by atoms with van der Waals surface area (Å²) in [6.45, 7) is 2.62. The van der Waals surface area contributed by atoms with E-state index >= 15 is 0 Å². The van der Waals surface area contributed by atoms with Crippen LogP contribution in [0.2, 0.25) is 10.3 Å². The number of hydrogen-bond donors (Lipinski definition) is 0. The van der Waals surface area contributed by atoms with Crippen molar-refractivity contribution in [2.75, 3.05) is 0 Å². The molecule has 5 heteroatoms. The van der Waals surface area contributed by atoms with Gasteiger partial charge in [-0.25, -0.2) is 0 Å². The van der Waals surface area contributed by atoms with Gasteiger partial charge in [0.1, 0.15) is 5.82 Å². The van der Waals surface area contributed by atoms with E-state index in [1.54, 1.807) is 0 Å². The Labute approximate surface area is 104 Å². The average molecular weight is 256 g/mol. The van der Waals surface area contributed by atoms with Gasteiger partial charge in [-0.3, -0.25) is 4.57 Å². The van der Waals surface area contributed by atoms with Crippen molar-refractivity contribution in [3.05, 3.63) is 46.0 Å². The maximum absolute atomic E-state index is 6.09. The van der Waals surface area contributed by atoms with E-state index in [0.717, 1.165) is 22.8 Å². The highest BCUT2D eigenvalue weighted by Crippen LogP contribution is 2.19. The predicted molar refractivity (Wildman–Crippen MR) is 65.0 cm³/mol. The lowest BCUT2D eigenvalue weighted by atomic mass is 10.2. The molecule has 0 fully saturated rings. The highest BCUT2D eigenvalue weighted by Gasteiger charge is 2.10. The van der Waals surface area contributed by atoms with Gasteiger partial charge < -0.3 is 0 Å². The molecule has 16 heavy (non-hydrogen) atoms. The number of aromatic nitrogens is 3. The molecule has 0 N–H and O–H groups in total. The molecule has 0 saturated heterocycles. The van der Waals surface area contributed by atoms with Crippen molar-refractivity contribution in [1.82, 2.24) is 14.8 Å². The van der Waals surface area contributed by atoms with Crippen LogP contribution in [0, 0.1) is 0 Å². The fraction of sp³-hybridized carbons (Fsp3) is 0.273. The van der Waals surface area contributed by atoms with Crippen LogP contribution >= 0.6 is 23.2 Å². The summed E-state index contributed by atoms with van der Waals surface area (Å²) in [6, 6.07) is 7.68. The zero-order chi connectivity index (χ0) is 11.5. The fourth-order valence-corrected chi connectivity index (χ4v) is 1.92. The lowest BCUT2D eigenvalue weighted by Crippen LogP contribution is -2.05. The molecule has 0 unspecified atom stereocenters. The third-order valence-corrected chi connectivity index (χ3v) is 3.03. The van der Waals surface area contributed by atoms with E-state index in [1.807, 2.05) is 35.8 Å². The van der Waals surface area contributed by atoms with E-state index in [9.17, 15) is 0 Å². The van der Waals surface area contributed by atoms with Crippen LogP contribution in [-0.4, -0.2) is 14.8 Å². The van der Waals surface area contributed by atoms with E-state index in [0.29, 0.717) is 11.8 Å². The smallest absolute Gasteiger partial charge is 0.225 e. The van der Waals surface area contributed by atoms with Crippen molar-refractivity contribution in [1.29, 1.82) is 0 Å². The van der Waals surface area contributed by atoms with Crippen LogP contribution in [0.25, 0.3) is 0 Å². The van der Waals surface area contributed by atoms with E-state index in [-0.39, 0.29) is 0 Å². The van der Waals surface area contributed by atoms with Crippen LogP contribution in [0.4, 0.5) is 0 Å². The van der Waals surface area contributed by atoms with Crippen molar-refractivity contribution in [2.45, 2.75) is 19.9 Å². The van der Waals surface area contributed by atoms with Crippen molar-refractivity contribution in [2.24, 2.45) is 0 Å². The normalized spacial score (nSPS) is 10.7. The second kappa shape index (κ2) is 4.85. The molecule has 1 heterocycles. The lowest BCUT2D eigenvalue weighted by Gasteiger charge is -2.07. The van der Waals surface area contributed by atoms with Gasteiger partial charge in [0.2, 0.25) is 5.28 Å². The van der Waals surface area contributed by atoms with E-state index < -0.39 is 0 Å². The summed E-state index contributed by atoms with van der Waals surface area (Å²) in [4.78, 5) is 0. The molecule has 0 atom stereocenters. The van der Waals surface area contributed by atoms with Gasteiger partial charge in [0.15, 0.2) is 0 Å². The quantitative estimate of drug-likeness (QED) is 0.844. The van der Waals surface area contributed by atoms with Crippen LogP contribution in [0.5, 0.6) is 0 Å². The zero-order valence-electron chi connectivity index (χ0n) is 8.82. The van der Waals surface area contributed by atoms with Gasteiger partial charge in [-0.1, -0.05) is 36.7 Å². The third-order valence-electron chi connectivity index (χ3n) is 2.38. The predicted octanol–water partition coefficient (Wildman–Crippen LogP) is 3.20. The summed E-state index contributed by atoms with van der Waals surface area (Å²) in [5.74, 6) is 0.866. The molecule has 0 amide bonds. The zero-order valence-corrected chi connectivity index (χ0v) is 10.3. The van der Waals surface area contributed by atoms with Gasteiger partial charge in [-0.2, -0.15) is 0 Å². The number of nitrogens with zero attached hydrogens (tertiary/aromatic N) is 3. The molecular weight excluding hydrogens is 245 g/mol. The Balaban J connectivity index is 2.33. The largest absolute Gasteiger partial charge is 0.297 e. The first kappa shape index (κ1) is 11.4. The standard InChI is InChI=1S/C11H11Cl2N3/c1-2-10-14-15-11(13)16(10)7-8-5-3-4-6-9(8)12/h3-6H,2,7H2,1H3. The van der Waals surface area contributed by atoms with Gasteiger partial charge in [0.05, 0.1) is 6.54 Å². The van der Waals surface area contributed by atoms with Gasteiger partial charge in [-0.05, 0) is 23.2 Å². The van der Waals surface area contributed by atoms with Gasteiger partial charge in [0.25, 0.3) is 0 Å². The van der Waals surface area contributed by atoms with Crippen LogP contribution in [-0.2, 0) is 13.0 Å². The third kappa shape index (κ3) is 2.20. The first-order valence-corrected chi connectivity index (χ1v) is 5.79. The molecule has 0 saturated carbocycles. The minimum atomic E-state index is 0.400. The van der Waals surface area contributed by atoms with E-state index in [1.165, 1.54) is 0 Å². The van der Waals surface area contributed by atoms with Crippen LogP contribution in [0.15, 0.2) is 24.3 Å². The molecule has 1 aromatic carbocycles. The molecule has 2 aromatic rings. The van der Waals surface area contributed by atoms with Gasteiger partial charge in [0, 0.05) is 11.4 Å². The molecule has 0 radical (unpaired) electrons. The van der Waals surface area contributed by atoms with Crippen molar-refractivity contribution < 1.29 is 0 Å². The summed E-state index contributed by atoms with van der Waals surface area (Å²) in [7, 11) is 0. The monoisotopic (exact) mass is 255 g/mol. The number of halogens is 2. The first-order chi connectivity index (χ1) is 7.72. The van der Waals surface area contributed by atoms with Gasteiger partial charge >= 0.3 is 0 Å². The molecule has 0 aliphatic carbocycles. The number of hydrogen-bond acceptors (Lipinski definition) is 2. The Morgan fingerprint density at radius 3 is 2.62 bits per heavy atom. The van der Waals surface area contributed by atoms with E-state index in [2.05, 4.69) is 10.2 Å². The number of rotatable bonds is 3. The SMILES string of the molecule is CCc1nnc(Cl)n1Cc1ccccc1Cl. The molecule has 0 aliphatic rings. The van der Waals surface area contributed by atoms with E-state index in [4.69, 9.17) is 23.2 Å². The minimum absolute atomic E-state index is 0.400. The maximum atomic E-state index is 6.09. The van der Waals surface area contributed by atoms with Gasteiger partial charge in [-0.15, -0.1) is 10.2 Å². The molecule has 2 rings (SSSR count). The van der Waals surface area contributed by atoms with Crippen LogP contribution in [0.1, 0.15) is 18.3 Å². The van der Waals surface area contributed by atoms with Crippen molar-refractivity contribution in [3.8, 4) is 0 Å². The fourth-order valence-electron chi connectivity index (χ4n) is 1.53. The maximum Gasteiger partial charge on any atom is 0.225 e. The highest BCUT2D eigenvalue weighted by molar-refractivity contribution is 6.31. The lowest BCUT2D eigenvalue weighted by molar-refractivity contribution is 0.733. The molecule has 1 aromatic heterocycles. The summed E-state index contributed by atoms with van der Waals surface area (Å²) in [5.41, 5.74) is 1.01.